The molecule has 1 fully saturated rings. The predicted octanol–water partition coefficient (Wildman–Crippen LogP) is 3.33. The molecular weight excluding hydrogens is 414 g/mol. The quantitative estimate of drug-likeness (QED) is 0.480. The lowest BCUT2D eigenvalue weighted by Gasteiger charge is -2.13. The average Bonchev–Trinajstić information content (AvgIpc) is 3.32. The van der Waals surface area contributed by atoms with Crippen molar-refractivity contribution in [3.8, 4) is 17.2 Å². The minimum absolute atomic E-state index is 0.00700. The van der Waals surface area contributed by atoms with E-state index in [0.717, 1.165) is 16.7 Å². The third kappa shape index (κ3) is 4.13. The zero-order valence-electron chi connectivity index (χ0n) is 16.7. The van der Waals surface area contributed by atoms with E-state index in [-0.39, 0.29) is 23.0 Å². The Kier molecular flexibility index (Phi) is 6.36. The predicted molar refractivity (Wildman–Crippen MR) is 108 cm³/mol. The summed E-state index contributed by atoms with van der Waals surface area (Å²) >= 11 is 0.803. The van der Waals surface area contributed by atoms with E-state index in [1.54, 1.807) is 18.2 Å². The van der Waals surface area contributed by atoms with Crippen LogP contribution in [-0.4, -0.2) is 50.5 Å². The van der Waals surface area contributed by atoms with Crippen LogP contribution in [0.15, 0.2) is 33.6 Å². The second-order valence-corrected chi connectivity index (χ2v) is 6.98. The van der Waals surface area contributed by atoms with Gasteiger partial charge in [-0.25, -0.2) is 4.79 Å². The topological polar surface area (TPSA) is 105 Å². The van der Waals surface area contributed by atoms with E-state index >= 15 is 0 Å². The van der Waals surface area contributed by atoms with Crippen LogP contribution in [0.1, 0.15) is 21.9 Å². The first-order chi connectivity index (χ1) is 14.4. The summed E-state index contributed by atoms with van der Waals surface area (Å²) in [5.74, 6) is 0.428. The lowest BCUT2D eigenvalue weighted by Crippen LogP contribution is -2.27. The highest BCUT2D eigenvalue weighted by Gasteiger charge is 2.36. The minimum atomic E-state index is -0.641. The van der Waals surface area contributed by atoms with Crippen molar-refractivity contribution in [2.24, 2.45) is 0 Å². The summed E-state index contributed by atoms with van der Waals surface area (Å²) in [5.41, 5.74) is 0.598. The van der Waals surface area contributed by atoms with E-state index in [0.29, 0.717) is 22.8 Å². The van der Waals surface area contributed by atoms with Crippen LogP contribution in [0.5, 0.6) is 17.2 Å². The average molecular weight is 433 g/mol. The van der Waals surface area contributed by atoms with Crippen molar-refractivity contribution >= 4 is 35.0 Å². The largest absolute Gasteiger partial charge is 0.493 e. The molecule has 0 N–H and O–H groups in total. The first-order valence-electron chi connectivity index (χ1n) is 8.64. The van der Waals surface area contributed by atoms with Crippen LogP contribution in [0.2, 0.25) is 0 Å². The lowest BCUT2D eigenvalue weighted by molar-refractivity contribution is -0.123. The molecular formula is C20H19NO8S. The minimum Gasteiger partial charge on any atom is -0.493 e. The standard InChI is InChI=1S/C20H19NO8S/c1-25-14-7-11(8-15(26-2)17(14)27-3)9-16-18(22)21(20(24)30-16)10-12-5-6-13(29-12)19(23)28-4/h5-9H,10H2,1-4H3. The second-order valence-electron chi connectivity index (χ2n) is 5.98. The maximum Gasteiger partial charge on any atom is 0.373 e. The van der Waals surface area contributed by atoms with E-state index < -0.39 is 17.1 Å². The maximum absolute atomic E-state index is 12.7. The van der Waals surface area contributed by atoms with Gasteiger partial charge in [0.2, 0.25) is 11.5 Å². The highest BCUT2D eigenvalue weighted by Crippen LogP contribution is 2.40. The Morgan fingerprint density at radius 1 is 1.07 bits per heavy atom. The van der Waals surface area contributed by atoms with Crippen LogP contribution in [-0.2, 0) is 16.1 Å². The summed E-state index contributed by atoms with van der Waals surface area (Å²) in [5, 5.41) is -0.449. The fourth-order valence-electron chi connectivity index (χ4n) is 2.80. The van der Waals surface area contributed by atoms with Gasteiger partial charge in [-0.15, -0.1) is 0 Å². The highest BCUT2D eigenvalue weighted by molar-refractivity contribution is 8.18. The Bertz CT molecular complexity index is 1000. The number of carbonyl (C=O) groups is 3. The molecule has 0 bridgehead atoms. The lowest BCUT2D eigenvalue weighted by atomic mass is 10.1. The molecule has 30 heavy (non-hydrogen) atoms. The number of ether oxygens (including phenoxy) is 4. The molecule has 1 aromatic carbocycles. The Morgan fingerprint density at radius 3 is 2.30 bits per heavy atom. The van der Waals surface area contributed by atoms with Gasteiger partial charge >= 0.3 is 5.97 Å². The molecule has 1 aliphatic rings. The third-order valence-electron chi connectivity index (χ3n) is 4.22. The molecule has 1 aromatic heterocycles. The number of carbonyl (C=O) groups excluding carboxylic acids is 3. The molecule has 158 valence electrons. The molecule has 0 saturated carbocycles. The number of methoxy groups -OCH3 is 4. The third-order valence-corrected chi connectivity index (χ3v) is 5.13. The molecule has 0 radical (unpaired) electrons. The molecule has 9 nitrogen and oxygen atoms in total. The number of hydrogen-bond donors (Lipinski definition) is 0. The van der Waals surface area contributed by atoms with E-state index in [1.165, 1.54) is 40.6 Å². The Labute approximate surface area is 176 Å². The van der Waals surface area contributed by atoms with Gasteiger partial charge in [0, 0.05) is 0 Å². The summed E-state index contributed by atoms with van der Waals surface area (Å²) in [7, 11) is 5.70. The summed E-state index contributed by atoms with van der Waals surface area (Å²) in [6.45, 7) is -0.103. The van der Waals surface area contributed by atoms with Crippen molar-refractivity contribution < 1.29 is 37.7 Å². The van der Waals surface area contributed by atoms with Crippen LogP contribution in [0.25, 0.3) is 6.08 Å². The molecule has 1 saturated heterocycles. The van der Waals surface area contributed by atoms with Gasteiger partial charge in [-0.2, -0.15) is 0 Å². The van der Waals surface area contributed by atoms with Crippen LogP contribution < -0.4 is 14.2 Å². The van der Waals surface area contributed by atoms with Gasteiger partial charge in [-0.05, 0) is 47.7 Å². The van der Waals surface area contributed by atoms with E-state index in [2.05, 4.69) is 4.74 Å². The number of amides is 2. The number of benzene rings is 1. The molecule has 0 atom stereocenters. The van der Waals surface area contributed by atoms with E-state index in [4.69, 9.17) is 18.6 Å². The normalized spacial score (nSPS) is 14.9. The fraction of sp³-hybridized carbons (Fsp3) is 0.250. The molecule has 1 aliphatic heterocycles. The number of nitrogens with zero attached hydrogens (tertiary/aromatic N) is 1. The number of imide groups is 1. The van der Waals surface area contributed by atoms with Crippen LogP contribution >= 0.6 is 11.8 Å². The zero-order valence-corrected chi connectivity index (χ0v) is 17.5. The number of rotatable bonds is 7. The van der Waals surface area contributed by atoms with Gasteiger partial charge in [0.25, 0.3) is 11.1 Å². The fourth-order valence-corrected chi connectivity index (χ4v) is 3.64. The van der Waals surface area contributed by atoms with Gasteiger partial charge in [-0.1, -0.05) is 0 Å². The molecule has 0 unspecified atom stereocenters. The van der Waals surface area contributed by atoms with Gasteiger partial charge in [0.05, 0.1) is 39.9 Å². The Balaban J connectivity index is 1.84. The van der Waals surface area contributed by atoms with Gasteiger partial charge in [-0.3, -0.25) is 14.5 Å². The van der Waals surface area contributed by atoms with Crippen LogP contribution in [0.3, 0.4) is 0 Å². The monoisotopic (exact) mass is 433 g/mol. The summed E-state index contributed by atoms with van der Waals surface area (Å²) in [6.07, 6.45) is 1.57. The molecule has 10 heteroatoms. The molecule has 2 amide bonds. The summed E-state index contributed by atoms with van der Waals surface area (Å²) in [4.78, 5) is 37.9. The van der Waals surface area contributed by atoms with Crippen LogP contribution in [0.4, 0.5) is 4.79 Å². The van der Waals surface area contributed by atoms with Gasteiger partial charge < -0.3 is 23.4 Å². The Hall–Kier alpha value is -3.40. The molecule has 3 rings (SSSR count). The zero-order chi connectivity index (χ0) is 21.8. The molecule has 0 spiro atoms. The molecule has 0 aliphatic carbocycles. The number of esters is 1. The van der Waals surface area contributed by atoms with Gasteiger partial charge in [0.1, 0.15) is 5.76 Å². The number of hydrogen-bond acceptors (Lipinski definition) is 9. The van der Waals surface area contributed by atoms with Crippen LogP contribution in [0, 0.1) is 0 Å². The van der Waals surface area contributed by atoms with Crippen molar-refractivity contribution in [3.63, 3.8) is 0 Å². The summed E-state index contributed by atoms with van der Waals surface area (Å²) < 4.78 is 25.8. The maximum atomic E-state index is 12.7. The SMILES string of the molecule is COC(=O)c1ccc(CN2C(=O)SC(=Cc3cc(OC)c(OC)c(OC)c3)C2=O)o1. The van der Waals surface area contributed by atoms with Crippen molar-refractivity contribution in [1.29, 1.82) is 0 Å². The van der Waals surface area contributed by atoms with Crippen molar-refractivity contribution in [1.82, 2.24) is 4.90 Å². The summed E-state index contributed by atoms with van der Waals surface area (Å²) in [6, 6.07) is 6.28. The van der Waals surface area contributed by atoms with E-state index in [9.17, 15) is 14.4 Å². The molecule has 2 aromatic rings. The second kappa shape index (κ2) is 8.95. The van der Waals surface area contributed by atoms with Crippen molar-refractivity contribution in [2.75, 3.05) is 28.4 Å². The highest BCUT2D eigenvalue weighted by atomic mass is 32.2. The van der Waals surface area contributed by atoms with Crippen molar-refractivity contribution in [3.05, 3.63) is 46.3 Å². The Morgan fingerprint density at radius 2 is 1.73 bits per heavy atom. The first kappa shape index (κ1) is 21.3. The van der Waals surface area contributed by atoms with Crippen molar-refractivity contribution in [2.45, 2.75) is 6.54 Å². The number of furan rings is 1. The first-order valence-corrected chi connectivity index (χ1v) is 9.45. The number of thioether (sulfide) groups is 1. The van der Waals surface area contributed by atoms with E-state index in [1.807, 2.05) is 0 Å². The smallest absolute Gasteiger partial charge is 0.373 e. The molecule has 2 heterocycles. The van der Waals surface area contributed by atoms with Gasteiger partial charge in [0.15, 0.2) is 11.5 Å².